The molecule has 2 aromatic heterocycles. The zero-order valence-corrected chi connectivity index (χ0v) is 17.8. The highest BCUT2D eigenvalue weighted by Gasteiger charge is 2.13. The minimum atomic E-state index is -0.213. The Morgan fingerprint density at radius 2 is 2.00 bits per heavy atom. The largest absolute Gasteiger partial charge is 0.272 e. The van der Waals surface area contributed by atoms with Crippen LogP contribution in [0.3, 0.4) is 0 Å². The number of aromatic nitrogens is 3. The molecule has 0 aliphatic carbocycles. The van der Waals surface area contributed by atoms with Gasteiger partial charge in [0.2, 0.25) is 0 Å². The first-order valence-corrected chi connectivity index (χ1v) is 10.9. The minimum absolute atomic E-state index is 0.213. The van der Waals surface area contributed by atoms with Gasteiger partial charge in [0.1, 0.15) is 5.15 Å². The van der Waals surface area contributed by atoms with Gasteiger partial charge in [0.15, 0.2) is 4.34 Å². The number of carbonyl (C=O) groups is 1. The lowest BCUT2D eigenvalue weighted by molar-refractivity contribution is -0.118. The molecule has 0 saturated carbocycles. The van der Waals surface area contributed by atoms with Crippen molar-refractivity contribution in [3.05, 3.63) is 71.0 Å². The highest BCUT2D eigenvalue weighted by Crippen LogP contribution is 2.29. The average molecular weight is 442 g/mol. The third-order valence-electron chi connectivity index (χ3n) is 4.03. The van der Waals surface area contributed by atoms with Gasteiger partial charge in [0.25, 0.3) is 5.91 Å². The first-order chi connectivity index (χ1) is 14.1. The first kappa shape index (κ1) is 19.6. The number of thioether (sulfide) groups is 1. The summed E-state index contributed by atoms with van der Waals surface area (Å²) in [5.74, 6) is 0.0161. The summed E-state index contributed by atoms with van der Waals surface area (Å²) in [7, 11) is 0. The summed E-state index contributed by atoms with van der Waals surface area (Å²) in [5, 5.41) is 8.92. The fourth-order valence-electron chi connectivity index (χ4n) is 2.64. The molecule has 29 heavy (non-hydrogen) atoms. The molecule has 6 nitrogen and oxygen atoms in total. The van der Waals surface area contributed by atoms with E-state index in [0.29, 0.717) is 10.7 Å². The fraction of sp³-hybridized carbons (Fsp3) is 0.100. The van der Waals surface area contributed by atoms with Gasteiger partial charge in [-0.15, -0.1) is 11.3 Å². The molecule has 4 aromatic rings. The number of hydrogen-bond acceptors (Lipinski definition) is 6. The summed E-state index contributed by atoms with van der Waals surface area (Å²) in [6.45, 7) is 1.84. The van der Waals surface area contributed by atoms with Gasteiger partial charge in [-0.05, 0) is 31.2 Å². The number of fused-ring (bicyclic) bond motifs is 1. The van der Waals surface area contributed by atoms with Crippen LogP contribution in [0, 0.1) is 6.92 Å². The van der Waals surface area contributed by atoms with E-state index in [1.807, 2.05) is 61.5 Å². The third kappa shape index (κ3) is 4.50. The van der Waals surface area contributed by atoms with E-state index in [2.05, 4.69) is 20.6 Å². The Morgan fingerprint density at radius 1 is 1.24 bits per heavy atom. The van der Waals surface area contributed by atoms with Crippen LogP contribution in [0.5, 0.6) is 0 Å². The second kappa shape index (κ2) is 8.77. The normalized spacial score (nSPS) is 11.4. The summed E-state index contributed by atoms with van der Waals surface area (Å²) in [6.07, 6.45) is 1.52. The van der Waals surface area contributed by atoms with Crippen molar-refractivity contribution >= 4 is 57.0 Å². The van der Waals surface area contributed by atoms with Gasteiger partial charge < -0.3 is 0 Å². The molecule has 0 aliphatic rings. The van der Waals surface area contributed by atoms with Gasteiger partial charge in [-0.2, -0.15) is 10.2 Å². The Morgan fingerprint density at radius 3 is 2.79 bits per heavy atom. The van der Waals surface area contributed by atoms with E-state index in [1.54, 1.807) is 16.0 Å². The van der Waals surface area contributed by atoms with Crippen molar-refractivity contribution in [1.29, 1.82) is 0 Å². The molecule has 0 unspecified atom stereocenters. The fourth-order valence-corrected chi connectivity index (χ4v) is 4.82. The number of halogens is 1. The Hall–Kier alpha value is -2.68. The molecular weight excluding hydrogens is 426 g/mol. The predicted molar refractivity (Wildman–Crippen MR) is 119 cm³/mol. The van der Waals surface area contributed by atoms with Gasteiger partial charge in [0.05, 0.1) is 39.1 Å². The van der Waals surface area contributed by atoms with E-state index in [-0.39, 0.29) is 11.7 Å². The van der Waals surface area contributed by atoms with Gasteiger partial charge in [-0.25, -0.2) is 15.1 Å². The second-order valence-electron chi connectivity index (χ2n) is 6.07. The van der Waals surface area contributed by atoms with Gasteiger partial charge in [-0.3, -0.25) is 4.79 Å². The number of rotatable bonds is 6. The van der Waals surface area contributed by atoms with E-state index in [4.69, 9.17) is 11.6 Å². The van der Waals surface area contributed by atoms with E-state index in [1.165, 1.54) is 18.0 Å². The minimum Gasteiger partial charge on any atom is -0.272 e. The molecule has 4 rings (SSSR count). The smallest absolute Gasteiger partial charge is 0.250 e. The first-order valence-electron chi connectivity index (χ1n) is 8.72. The van der Waals surface area contributed by atoms with Crippen molar-refractivity contribution in [3.8, 4) is 5.69 Å². The molecule has 1 amide bonds. The molecule has 0 aliphatic heterocycles. The molecule has 0 radical (unpaired) electrons. The van der Waals surface area contributed by atoms with Crippen LogP contribution >= 0.6 is 34.7 Å². The number of thiazole rings is 1. The number of hydrogen-bond donors (Lipinski definition) is 1. The number of amides is 1. The average Bonchev–Trinajstić information content (AvgIpc) is 3.28. The van der Waals surface area contributed by atoms with Crippen molar-refractivity contribution in [1.82, 2.24) is 20.2 Å². The van der Waals surface area contributed by atoms with E-state index >= 15 is 0 Å². The topological polar surface area (TPSA) is 72.2 Å². The maximum atomic E-state index is 12.1. The van der Waals surface area contributed by atoms with Gasteiger partial charge in [-0.1, -0.05) is 53.7 Å². The summed E-state index contributed by atoms with van der Waals surface area (Å²) < 4.78 is 3.60. The van der Waals surface area contributed by atoms with Crippen LogP contribution in [-0.2, 0) is 4.79 Å². The van der Waals surface area contributed by atoms with E-state index in [9.17, 15) is 4.79 Å². The molecule has 146 valence electrons. The number of para-hydroxylation sites is 2. The number of nitrogens with one attached hydrogen (secondary N) is 1. The molecule has 2 aromatic carbocycles. The zero-order chi connectivity index (χ0) is 20.2. The zero-order valence-electron chi connectivity index (χ0n) is 15.4. The molecule has 0 bridgehead atoms. The molecule has 1 N–H and O–H groups in total. The number of nitrogens with zero attached hydrogens (tertiary/aromatic N) is 4. The lowest BCUT2D eigenvalue weighted by Crippen LogP contribution is -2.19. The number of hydrazone groups is 1. The summed E-state index contributed by atoms with van der Waals surface area (Å²) in [5.41, 5.74) is 5.72. The van der Waals surface area contributed by atoms with Crippen molar-refractivity contribution < 1.29 is 4.79 Å². The molecule has 9 heteroatoms. The van der Waals surface area contributed by atoms with Crippen molar-refractivity contribution in [2.45, 2.75) is 11.3 Å². The lowest BCUT2D eigenvalue weighted by Gasteiger charge is -2.02. The van der Waals surface area contributed by atoms with Gasteiger partial charge >= 0.3 is 0 Å². The summed E-state index contributed by atoms with van der Waals surface area (Å²) in [4.78, 5) is 16.6. The SMILES string of the molecule is Cc1nn(-c2ccccc2)c(Cl)c1C=NNC(=O)CSc1nc2ccccc2s1. The predicted octanol–water partition coefficient (Wildman–Crippen LogP) is 4.69. The Kier molecular flexibility index (Phi) is 5.94. The number of aryl methyl sites for hydroxylation is 1. The monoisotopic (exact) mass is 441 g/mol. The quantitative estimate of drug-likeness (QED) is 0.268. The van der Waals surface area contributed by atoms with E-state index < -0.39 is 0 Å². The van der Waals surface area contributed by atoms with Crippen LogP contribution in [0.25, 0.3) is 15.9 Å². The summed E-state index contributed by atoms with van der Waals surface area (Å²) >= 11 is 9.40. The van der Waals surface area contributed by atoms with Crippen LogP contribution in [0.4, 0.5) is 0 Å². The van der Waals surface area contributed by atoms with Crippen LogP contribution in [0.1, 0.15) is 11.3 Å². The van der Waals surface area contributed by atoms with Crippen LogP contribution in [0.2, 0.25) is 5.15 Å². The van der Waals surface area contributed by atoms with Crippen molar-refractivity contribution in [2.24, 2.45) is 5.10 Å². The molecule has 0 saturated heterocycles. The van der Waals surface area contributed by atoms with Gasteiger partial charge in [0, 0.05) is 0 Å². The molecule has 2 heterocycles. The highest BCUT2D eigenvalue weighted by atomic mass is 35.5. The Balaban J connectivity index is 1.37. The maximum absolute atomic E-state index is 12.1. The molecule has 0 fully saturated rings. The molecule has 0 atom stereocenters. The highest BCUT2D eigenvalue weighted by molar-refractivity contribution is 8.01. The van der Waals surface area contributed by atoms with Crippen LogP contribution in [-0.4, -0.2) is 32.6 Å². The standard InChI is InChI=1S/C20H16ClN5OS2/c1-13-15(19(21)26(25-13)14-7-3-2-4-8-14)11-22-24-18(27)12-28-20-23-16-9-5-6-10-17(16)29-20/h2-11H,12H2,1H3,(H,24,27). The second-order valence-corrected chi connectivity index (χ2v) is 8.68. The van der Waals surface area contributed by atoms with Crippen LogP contribution < -0.4 is 5.43 Å². The summed E-state index contributed by atoms with van der Waals surface area (Å²) in [6, 6.07) is 17.5. The van der Waals surface area contributed by atoms with Crippen molar-refractivity contribution in [2.75, 3.05) is 5.75 Å². The maximum Gasteiger partial charge on any atom is 0.250 e. The third-order valence-corrected chi connectivity index (χ3v) is 6.58. The number of carbonyl (C=O) groups excluding carboxylic acids is 1. The van der Waals surface area contributed by atoms with E-state index in [0.717, 1.165) is 25.9 Å². The molecular formula is C20H16ClN5OS2. The Labute approximate surface area is 180 Å². The van der Waals surface area contributed by atoms with Crippen LogP contribution in [0.15, 0.2) is 64.0 Å². The van der Waals surface area contributed by atoms with Crippen molar-refractivity contribution in [3.63, 3.8) is 0 Å². The Bertz CT molecular complexity index is 1150. The lowest BCUT2D eigenvalue weighted by atomic mass is 10.3. The number of benzene rings is 2. The molecule has 0 spiro atoms.